The standard InChI is InChI=1S/C14H20Cl2O3S/c1-2-3-4-5-6-7-10-19-13-9-8-12(15)11-14(13)20(16,17)18/h8-9,11H,2-7,10H2,1H3. The fourth-order valence-electron chi connectivity index (χ4n) is 1.86. The van der Waals surface area contributed by atoms with Gasteiger partial charge >= 0.3 is 0 Å². The third kappa shape index (κ3) is 6.33. The zero-order valence-corrected chi connectivity index (χ0v) is 13.9. The van der Waals surface area contributed by atoms with E-state index in [1.165, 1.54) is 37.8 Å². The summed E-state index contributed by atoms with van der Waals surface area (Å²) in [6.07, 6.45) is 6.87. The smallest absolute Gasteiger partial charge is 0.265 e. The molecule has 0 aliphatic heterocycles. The van der Waals surface area contributed by atoms with Crippen molar-refractivity contribution in [3.8, 4) is 5.75 Å². The van der Waals surface area contributed by atoms with Crippen LogP contribution in [0.15, 0.2) is 23.1 Å². The first-order chi connectivity index (χ1) is 9.45. The molecule has 0 spiro atoms. The minimum atomic E-state index is -3.85. The van der Waals surface area contributed by atoms with E-state index in [-0.39, 0.29) is 10.6 Å². The minimum Gasteiger partial charge on any atom is -0.492 e. The van der Waals surface area contributed by atoms with Crippen LogP contribution in [0.4, 0.5) is 0 Å². The Labute approximate surface area is 130 Å². The monoisotopic (exact) mass is 338 g/mol. The molecule has 3 nitrogen and oxygen atoms in total. The average Bonchev–Trinajstić information content (AvgIpc) is 2.38. The molecule has 0 saturated heterocycles. The topological polar surface area (TPSA) is 43.4 Å². The molecule has 0 heterocycles. The van der Waals surface area contributed by atoms with Crippen molar-refractivity contribution in [2.45, 2.75) is 50.3 Å². The SMILES string of the molecule is CCCCCCCCOc1ccc(Cl)cc1S(=O)(=O)Cl. The van der Waals surface area contributed by atoms with Gasteiger partial charge in [0.05, 0.1) is 6.61 Å². The maximum atomic E-state index is 11.4. The molecule has 0 aliphatic carbocycles. The van der Waals surface area contributed by atoms with Crippen molar-refractivity contribution in [1.82, 2.24) is 0 Å². The lowest BCUT2D eigenvalue weighted by Crippen LogP contribution is -2.02. The van der Waals surface area contributed by atoms with Crippen LogP contribution in [-0.2, 0) is 9.05 Å². The van der Waals surface area contributed by atoms with Crippen molar-refractivity contribution in [2.24, 2.45) is 0 Å². The summed E-state index contributed by atoms with van der Waals surface area (Å²) in [6, 6.07) is 4.43. The van der Waals surface area contributed by atoms with Gasteiger partial charge in [-0.2, -0.15) is 0 Å². The van der Waals surface area contributed by atoms with E-state index >= 15 is 0 Å². The normalized spacial score (nSPS) is 11.6. The molecule has 0 radical (unpaired) electrons. The predicted molar refractivity (Wildman–Crippen MR) is 83.4 cm³/mol. The lowest BCUT2D eigenvalue weighted by molar-refractivity contribution is 0.297. The number of halogens is 2. The van der Waals surface area contributed by atoms with E-state index in [0.29, 0.717) is 11.6 Å². The number of benzene rings is 1. The van der Waals surface area contributed by atoms with Gasteiger partial charge in [0.2, 0.25) is 0 Å². The molecule has 1 rings (SSSR count). The molecule has 0 aromatic heterocycles. The van der Waals surface area contributed by atoms with Gasteiger partial charge in [-0.1, -0.05) is 50.6 Å². The van der Waals surface area contributed by atoms with Crippen LogP contribution in [0.1, 0.15) is 45.4 Å². The van der Waals surface area contributed by atoms with Gasteiger partial charge in [0.25, 0.3) is 9.05 Å². The fourth-order valence-corrected chi connectivity index (χ4v) is 3.09. The van der Waals surface area contributed by atoms with E-state index in [9.17, 15) is 8.42 Å². The second-order valence-electron chi connectivity index (χ2n) is 4.65. The summed E-state index contributed by atoms with van der Waals surface area (Å²) in [7, 11) is 1.52. The summed E-state index contributed by atoms with van der Waals surface area (Å²) in [5.41, 5.74) is 0. The molecule has 0 fully saturated rings. The summed E-state index contributed by atoms with van der Waals surface area (Å²) in [4.78, 5) is -0.0716. The van der Waals surface area contributed by atoms with Gasteiger partial charge in [0, 0.05) is 15.7 Å². The number of rotatable bonds is 9. The first-order valence-electron chi connectivity index (χ1n) is 6.82. The Morgan fingerprint density at radius 2 is 1.75 bits per heavy atom. The van der Waals surface area contributed by atoms with Crippen molar-refractivity contribution >= 4 is 31.3 Å². The number of ether oxygens (including phenoxy) is 1. The van der Waals surface area contributed by atoms with Crippen LogP contribution >= 0.6 is 22.3 Å². The van der Waals surface area contributed by atoms with Gasteiger partial charge < -0.3 is 4.74 Å². The Morgan fingerprint density at radius 3 is 2.40 bits per heavy atom. The molecule has 0 saturated carbocycles. The van der Waals surface area contributed by atoms with Crippen LogP contribution < -0.4 is 4.74 Å². The lowest BCUT2D eigenvalue weighted by atomic mass is 10.1. The molecule has 114 valence electrons. The molecular formula is C14H20Cl2O3S. The Balaban J connectivity index is 2.48. The van der Waals surface area contributed by atoms with Crippen LogP contribution in [0.3, 0.4) is 0 Å². The Kier molecular flexibility index (Phi) is 7.70. The van der Waals surface area contributed by atoms with E-state index in [1.54, 1.807) is 6.07 Å². The number of hydrogen-bond donors (Lipinski definition) is 0. The van der Waals surface area contributed by atoms with Crippen molar-refractivity contribution in [3.63, 3.8) is 0 Å². The second kappa shape index (κ2) is 8.75. The third-order valence-electron chi connectivity index (χ3n) is 2.92. The molecule has 6 heteroatoms. The molecule has 0 bridgehead atoms. The summed E-state index contributed by atoms with van der Waals surface area (Å²) >= 11 is 5.78. The third-order valence-corrected chi connectivity index (χ3v) is 4.50. The summed E-state index contributed by atoms with van der Waals surface area (Å²) in [5.74, 6) is 0.262. The van der Waals surface area contributed by atoms with Crippen LogP contribution in [0, 0.1) is 0 Å². The van der Waals surface area contributed by atoms with Crippen molar-refractivity contribution in [2.75, 3.05) is 6.61 Å². The highest BCUT2D eigenvalue weighted by molar-refractivity contribution is 8.13. The lowest BCUT2D eigenvalue weighted by Gasteiger charge is -2.10. The molecule has 0 unspecified atom stereocenters. The molecule has 1 aromatic rings. The average molecular weight is 339 g/mol. The molecule has 0 aliphatic rings. The van der Waals surface area contributed by atoms with Crippen molar-refractivity contribution in [3.05, 3.63) is 23.2 Å². The van der Waals surface area contributed by atoms with E-state index < -0.39 is 9.05 Å². The molecule has 0 amide bonds. The quantitative estimate of drug-likeness (QED) is 0.469. The molecule has 0 N–H and O–H groups in total. The van der Waals surface area contributed by atoms with Crippen LogP contribution in [0.25, 0.3) is 0 Å². The predicted octanol–water partition coefficient (Wildman–Crippen LogP) is 5.01. The fraction of sp³-hybridized carbons (Fsp3) is 0.571. The maximum Gasteiger partial charge on any atom is 0.265 e. The minimum absolute atomic E-state index is 0.0716. The van der Waals surface area contributed by atoms with Gasteiger partial charge in [-0.15, -0.1) is 0 Å². The summed E-state index contributed by atoms with van der Waals surface area (Å²) in [6.45, 7) is 2.66. The Morgan fingerprint density at radius 1 is 1.10 bits per heavy atom. The second-order valence-corrected chi connectivity index (χ2v) is 7.62. The first kappa shape index (κ1) is 17.6. The van der Waals surface area contributed by atoms with Crippen LogP contribution in [0.5, 0.6) is 5.75 Å². The van der Waals surface area contributed by atoms with Crippen molar-refractivity contribution in [1.29, 1.82) is 0 Å². The number of hydrogen-bond acceptors (Lipinski definition) is 3. The summed E-state index contributed by atoms with van der Waals surface area (Å²) < 4.78 is 28.4. The zero-order chi connectivity index (χ0) is 15.0. The van der Waals surface area contributed by atoms with Gasteiger partial charge in [0.1, 0.15) is 10.6 Å². The summed E-state index contributed by atoms with van der Waals surface area (Å²) in [5, 5.41) is 0.316. The van der Waals surface area contributed by atoms with Gasteiger partial charge in [-0.05, 0) is 24.6 Å². The highest BCUT2D eigenvalue weighted by Crippen LogP contribution is 2.30. The van der Waals surface area contributed by atoms with E-state index in [2.05, 4.69) is 6.92 Å². The van der Waals surface area contributed by atoms with E-state index in [4.69, 9.17) is 27.0 Å². The van der Waals surface area contributed by atoms with E-state index in [1.807, 2.05) is 0 Å². The van der Waals surface area contributed by atoms with Crippen molar-refractivity contribution < 1.29 is 13.2 Å². The van der Waals surface area contributed by atoms with Crippen LogP contribution in [-0.4, -0.2) is 15.0 Å². The largest absolute Gasteiger partial charge is 0.492 e. The Hall–Kier alpha value is -0.450. The first-order valence-corrected chi connectivity index (χ1v) is 9.51. The molecular weight excluding hydrogens is 319 g/mol. The van der Waals surface area contributed by atoms with E-state index in [0.717, 1.165) is 12.8 Å². The molecule has 1 aromatic carbocycles. The molecule has 20 heavy (non-hydrogen) atoms. The van der Waals surface area contributed by atoms with Gasteiger partial charge in [-0.3, -0.25) is 0 Å². The number of unbranched alkanes of at least 4 members (excludes halogenated alkanes) is 5. The molecule has 0 atom stereocenters. The zero-order valence-electron chi connectivity index (χ0n) is 11.6. The highest BCUT2D eigenvalue weighted by atomic mass is 35.7. The highest BCUT2D eigenvalue weighted by Gasteiger charge is 2.17. The van der Waals surface area contributed by atoms with Gasteiger partial charge in [0.15, 0.2) is 0 Å². The van der Waals surface area contributed by atoms with Gasteiger partial charge in [-0.25, -0.2) is 8.42 Å². The van der Waals surface area contributed by atoms with Crippen LogP contribution in [0.2, 0.25) is 5.02 Å². The Bertz CT molecular complexity index is 515. The maximum absolute atomic E-state index is 11.4.